The molecule has 0 fully saturated rings. The van der Waals surface area contributed by atoms with Crippen LogP contribution in [0.3, 0.4) is 0 Å². The van der Waals surface area contributed by atoms with Crippen molar-refractivity contribution in [2.24, 2.45) is 0 Å². The Hall–Kier alpha value is -2.81. The van der Waals surface area contributed by atoms with Crippen LogP contribution in [0, 0.1) is 13.8 Å². The fourth-order valence-corrected chi connectivity index (χ4v) is 3.58. The summed E-state index contributed by atoms with van der Waals surface area (Å²) in [4.78, 5) is 12.4. The molecule has 5 nitrogen and oxygen atoms in total. The monoisotopic (exact) mass is 409 g/mol. The van der Waals surface area contributed by atoms with E-state index >= 15 is 0 Å². The highest BCUT2D eigenvalue weighted by Gasteiger charge is 2.31. The molecule has 3 rings (SSSR count). The summed E-state index contributed by atoms with van der Waals surface area (Å²) in [7, 11) is 0. The van der Waals surface area contributed by atoms with Gasteiger partial charge in [0.15, 0.2) is 0 Å². The van der Waals surface area contributed by atoms with Gasteiger partial charge in [0, 0.05) is 17.8 Å². The second-order valence-corrected chi connectivity index (χ2v) is 7.01. The Morgan fingerprint density at radius 2 is 1.96 bits per heavy atom. The van der Waals surface area contributed by atoms with Gasteiger partial charge >= 0.3 is 6.36 Å². The third-order valence-electron chi connectivity index (χ3n) is 4.07. The van der Waals surface area contributed by atoms with Crippen molar-refractivity contribution in [3.63, 3.8) is 0 Å². The van der Waals surface area contributed by atoms with E-state index in [0.717, 1.165) is 29.1 Å². The number of benzene rings is 1. The molecule has 0 saturated carbocycles. The van der Waals surface area contributed by atoms with Gasteiger partial charge in [0.2, 0.25) is 0 Å². The Bertz CT molecular complexity index is 934. The predicted octanol–water partition coefficient (Wildman–Crippen LogP) is 4.48. The van der Waals surface area contributed by atoms with Crippen LogP contribution in [0.2, 0.25) is 0 Å². The minimum absolute atomic E-state index is 0.184. The number of halogens is 3. The van der Waals surface area contributed by atoms with E-state index in [1.807, 2.05) is 41.4 Å². The Morgan fingerprint density at radius 1 is 1.25 bits per heavy atom. The number of aromatic nitrogens is 2. The molecule has 2 heterocycles. The van der Waals surface area contributed by atoms with E-state index in [2.05, 4.69) is 15.2 Å². The quantitative estimate of drug-likeness (QED) is 0.653. The van der Waals surface area contributed by atoms with Crippen LogP contribution in [0.5, 0.6) is 5.75 Å². The standard InChI is InChI=1S/C19H18F3N3O2S/c1-12-9-13(2)25(24-12)17(15-7-8-28-11-15)10-23-18(26)14-3-5-16(6-4-14)27-19(20,21)22/h3-9,11,17H,10H2,1-2H3,(H,23,26). The number of thiophene rings is 1. The summed E-state index contributed by atoms with van der Waals surface area (Å²) in [6, 6.07) is 8.55. The summed E-state index contributed by atoms with van der Waals surface area (Å²) < 4.78 is 42.4. The molecule has 0 aliphatic carbocycles. The molecule has 1 aromatic carbocycles. The maximum absolute atomic E-state index is 12.4. The highest BCUT2D eigenvalue weighted by Crippen LogP contribution is 2.24. The molecule has 3 aromatic rings. The second-order valence-electron chi connectivity index (χ2n) is 6.23. The lowest BCUT2D eigenvalue weighted by molar-refractivity contribution is -0.274. The average Bonchev–Trinajstić information content (AvgIpc) is 3.24. The molecule has 0 spiro atoms. The Balaban J connectivity index is 1.71. The zero-order chi connectivity index (χ0) is 20.3. The van der Waals surface area contributed by atoms with Gasteiger partial charge in [0.1, 0.15) is 5.75 Å². The van der Waals surface area contributed by atoms with Crippen LogP contribution < -0.4 is 10.1 Å². The zero-order valence-corrected chi connectivity index (χ0v) is 16.0. The zero-order valence-electron chi connectivity index (χ0n) is 15.2. The number of nitrogens with one attached hydrogen (secondary N) is 1. The van der Waals surface area contributed by atoms with Crippen LogP contribution in [0.25, 0.3) is 0 Å². The highest BCUT2D eigenvalue weighted by atomic mass is 32.1. The topological polar surface area (TPSA) is 56.2 Å². The molecule has 1 unspecified atom stereocenters. The molecule has 0 bridgehead atoms. The number of hydrogen-bond donors (Lipinski definition) is 1. The van der Waals surface area contributed by atoms with Crippen molar-refractivity contribution < 1.29 is 22.7 Å². The van der Waals surface area contributed by atoms with Gasteiger partial charge in [-0.25, -0.2) is 0 Å². The summed E-state index contributed by atoms with van der Waals surface area (Å²) in [5, 5.41) is 11.3. The van der Waals surface area contributed by atoms with Crippen molar-refractivity contribution >= 4 is 17.2 Å². The third-order valence-corrected chi connectivity index (χ3v) is 4.78. The Kier molecular flexibility index (Phi) is 5.73. The van der Waals surface area contributed by atoms with Gasteiger partial charge in [-0.2, -0.15) is 16.4 Å². The maximum Gasteiger partial charge on any atom is 0.573 e. The largest absolute Gasteiger partial charge is 0.573 e. The first-order chi connectivity index (χ1) is 13.2. The highest BCUT2D eigenvalue weighted by molar-refractivity contribution is 7.08. The fraction of sp³-hybridized carbons (Fsp3) is 0.263. The molecule has 0 radical (unpaired) electrons. The van der Waals surface area contributed by atoms with E-state index < -0.39 is 6.36 Å². The number of amides is 1. The lowest BCUT2D eigenvalue weighted by atomic mass is 10.1. The molecule has 0 aliphatic rings. The number of hydrogen-bond acceptors (Lipinski definition) is 4. The molecule has 2 aromatic heterocycles. The van der Waals surface area contributed by atoms with Crippen molar-refractivity contribution in [1.82, 2.24) is 15.1 Å². The Labute approximate surface area is 163 Å². The Morgan fingerprint density at radius 3 is 2.50 bits per heavy atom. The number of ether oxygens (including phenoxy) is 1. The van der Waals surface area contributed by atoms with E-state index in [9.17, 15) is 18.0 Å². The lowest BCUT2D eigenvalue weighted by Crippen LogP contribution is -2.32. The molecule has 9 heteroatoms. The normalized spacial score (nSPS) is 12.6. The van der Waals surface area contributed by atoms with Gasteiger partial charge in [-0.1, -0.05) is 0 Å². The summed E-state index contributed by atoms with van der Waals surface area (Å²) in [5.74, 6) is -0.761. The van der Waals surface area contributed by atoms with E-state index in [-0.39, 0.29) is 23.3 Å². The SMILES string of the molecule is Cc1cc(C)n(C(CNC(=O)c2ccc(OC(F)(F)F)cc2)c2ccsc2)n1. The van der Waals surface area contributed by atoms with Crippen LogP contribution in [-0.4, -0.2) is 28.6 Å². The van der Waals surface area contributed by atoms with Crippen molar-refractivity contribution in [1.29, 1.82) is 0 Å². The van der Waals surface area contributed by atoms with Gasteiger partial charge in [-0.05, 0) is 66.6 Å². The van der Waals surface area contributed by atoms with Gasteiger partial charge < -0.3 is 10.1 Å². The van der Waals surface area contributed by atoms with Gasteiger partial charge in [0.25, 0.3) is 5.91 Å². The molecule has 28 heavy (non-hydrogen) atoms. The average molecular weight is 409 g/mol. The van der Waals surface area contributed by atoms with Crippen LogP contribution in [0.15, 0.2) is 47.2 Å². The minimum atomic E-state index is -4.77. The molecule has 1 amide bonds. The third kappa shape index (κ3) is 4.92. The minimum Gasteiger partial charge on any atom is -0.406 e. The predicted molar refractivity (Wildman–Crippen MR) is 99.6 cm³/mol. The molecule has 1 N–H and O–H groups in total. The summed E-state index contributed by atoms with van der Waals surface area (Å²) >= 11 is 1.55. The fourth-order valence-electron chi connectivity index (χ4n) is 2.87. The first-order valence-corrected chi connectivity index (χ1v) is 9.36. The van der Waals surface area contributed by atoms with Gasteiger partial charge in [-0.3, -0.25) is 9.48 Å². The van der Waals surface area contributed by atoms with Crippen LogP contribution in [-0.2, 0) is 0 Å². The van der Waals surface area contributed by atoms with Crippen LogP contribution >= 0.6 is 11.3 Å². The van der Waals surface area contributed by atoms with Gasteiger partial charge in [-0.15, -0.1) is 13.2 Å². The van der Waals surface area contributed by atoms with Crippen LogP contribution in [0.4, 0.5) is 13.2 Å². The molecular formula is C19H18F3N3O2S. The number of nitrogens with zero attached hydrogens (tertiary/aromatic N) is 2. The van der Waals surface area contributed by atoms with E-state index in [0.29, 0.717) is 6.54 Å². The maximum atomic E-state index is 12.4. The second kappa shape index (κ2) is 8.05. The van der Waals surface area contributed by atoms with E-state index in [4.69, 9.17) is 0 Å². The molecule has 1 atom stereocenters. The van der Waals surface area contributed by atoms with E-state index in [1.165, 1.54) is 12.1 Å². The number of carbonyl (C=O) groups excluding carboxylic acids is 1. The molecule has 0 aliphatic heterocycles. The van der Waals surface area contributed by atoms with E-state index in [1.54, 1.807) is 11.3 Å². The summed E-state index contributed by atoms with van der Waals surface area (Å²) in [6.45, 7) is 4.14. The number of carbonyl (C=O) groups is 1. The number of aryl methyl sites for hydroxylation is 2. The first kappa shape index (κ1) is 19.9. The summed E-state index contributed by atoms with van der Waals surface area (Å²) in [5.41, 5.74) is 3.11. The number of rotatable bonds is 6. The first-order valence-electron chi connectivity index (χ1n) is 8.42. The van der Waals surface area contributed by atoms with Crippen molar-refractivity contribution in [2.45, 2.75) is 26.3 Å². The lowest BCUT2D eigenvalue weighted by Gasteiger charge is -2.19. The molecular weight excluding hydrogens is 391 g/mol. The van der Waals surface area contributed by atoms with Gasteiger partial charge in [0.05, 0.1) is 11.7 Å². The van der Waals surface area contributed by atoms with Crippen molar-refractivity contribution in [2.75, 3.05) is 6.54 Å². The summed E-state index contributed by atoms with van der Waals surface area (Å²) in [6.07, 6.45) is -4.77. The van der Waals surface area contributed by atoms with Crippen LogP contribution in [0.1, 0.15) is 33.4 Å². The number of alkyl halides is 3. The van der Waals surface area contributed by atoms with Crippen molar-refractivity contribution in [3.05, 3.63) is 69.7 Å². The molecule has 148 valence electrons. The van der Waals surface area contributed by atoms with Crippen molar-refractivity contribution in [3.8, 4) is 5.75 Å². The smallest absolute Gasteiger partial charge is 0.406 e. The molecule has 0 saturated heterocycles.